The molecule has 0 radical (unpaired) electrons. The van der Waals surface area contributed by atoms with E-state index < -0.39 is 5.97 Å². The molecule has 2 aliphatic heterocycles. The van der Waals surface area contributed by atoms with Crippen molar-refractivity contribution in [2.24, 2.45) is 5.92 Å². The van der Waals surface area contributed by atoms with Gasteiger partial charge in [0.05, 0.1) is 18.4 Å². The van der Waals surface area contributed by atoms with Crippen molar-refractivity contribution < 1.29 is 14.3 Å². The molecule has 2 saturated heterocycles. The summed E-state index contributed by atoms with van der Waals surface area (Å²) < 4.78 is 6.85. The summed E-state index contributed by atoms with van der Waals surface area (Å²) in [5.74, 6) is 1.87. The van der Waals surface area contributed by atoms with Crippen molar-refractivity contribution in [2.45, 2.75) is 26.2 Å². The maximum atomic E-state index is 11.1. The van der Waals surface area contributed by atoms with E-state index in [-0.39, 0.29) is 12.4 Å². The topological polar surface area (TPSA) is 155 Å². The molecule has 0 amide bonds. The second-order valence-corrected chi connectivity index (χ2v) is 11.0. The molecule has 13 nitrogen and oxygen atoms in total. The van der Waals surface area contributed by atoms with Crippen LogP contribution >= 0.6 is 11.3 Å². The molecule has 4 aromatic rings. The van der Waals surface area contributed by atoms with Crippen molar-refractivity contribution in [3.05, 3.63) is 29.0 Å². The molecule has 6 rings (SSSR count). The number of aliphatic carboxylic acids is 1. The van der Waals surface area contributed by atoms with Gasteiger partial charge in [-0.2, -0.15) is 19.5 Å². The summed E-state index contributed by atoms with van der Waals surface area (Å²) in [4.78, 5) is 37.3. The zero-order chi connectivity index (χ0) is 26.2. The van der Waals surface area contributed by atoms with Gasteiger partial charge in [0.1, 0.15) is 0 Å². The van der Waals surface area contributed by atoms with Gasteiger partial charge in [-0.05, 0) is 37.8 Å². The van der Waals surface area contributed by atoms with Crippen molar-refractivity contribution in [1.29, 1.82) is 0 Å². The smallest absolute Gasteiger partial charge is 0.309 e. The van der Waals surface area contributed by atoms with E-state index in [1.165, 1.54) is 4.52 Å². The molecule has 2 fully saturated rings. The number of aromatic nitrogens is 6. The standard InChI is InChI=1S/C24H30N10O3S/c1-15-17(12-19(35)36)26-24(38-15)32-9-7-31(8-10-32)13-16-4-2-6-33(14-16)22-28-21(25)34-23(29-22)27-20(30-34)18-5-3-11-37-18/h3,5,11,16H,2,4,6-10,12-14H2,1H3,(H,35,36)(H2,25,27,28,29,30). The quantitative estimate of drug-likeness (QED) is 0.352. The van der Waals surface area contributed by atoms with Gasteiger partial charge in [-0.1, -0.05) is 0 Å². The molecule has 0 saturated carbocycles. The highest BCUT2D eigenvalue weighted by atomic mass is 32.1. The number of piperazine rings is 1. The van der Waals surface area contributed by atoms with Crippen molar-refractivity contribution >= 4 is 40.1 Å². The molecule has 0 aromatic carbocycles. The van der Waals surface area contributed by atoms with Gasteiger partial charge in [-0.15, -0.1) is 16.4 Å². The molecule has 1 atom stereocenters. The third-order valence-electron chi connectivity index (χ3n) is 7.12. The zero-order valence-corrected chi connectivity index (χ0v) is 22.0. The van der Waals surface area contributed by atoms with Crippen LogP contribution in [0.4, 0.5) is 17.0 Å². The maximum absolute atomic E-state index is 11.1. The molecule has 4 aromatic heterocycles. The number of nitrogens with zero attached hydrogens (tertiary/aromatic N) is 9. The van der Waals surface area contributed by atoms with E-state index in [1.54, 1.807) is 29.7 Å². The van der Waals surface area contributed by atoms with Gasteiger partial charge in [0, 0.05) is 50.7 Å². The molecule has 0 aliphatic carbocycles. The molecular weight excluding hydrogens is 508 g/mol. The Morgan fingerprint density at radius 1 is 1.16 bits per heavy atom. The predicted octanol–water partition coefficient (Wildman–Crippen LogP) is 1.79. The third-order valence-corrected chi connectivity index (χ3v) is 8.20. The predicted molar refractivity (Wildman–Crippen MR) is 142 cm³/mol. The van der Waals surface area contributed by atoms with Crippen LogP contribution in [0.3, 0.4) is 0 Å². The molecule has 6 heterocycles. The molecule has 1 unspecified atom stereocenters. The average Bonchev–Trinajstić information content (AvgIpc) is 3.65. The summed E-state index contributed by atoms with van der Waals surface area (Å²) in [6.07, 6.45) is 3.78. The zero-order valence-electron chi connectivity index (χ0n) is 21.2. The van der Waals surface area contributed by atoms with Crippen LogP contribution in [0, 0.1) is 12.8 Å². The van der Waals surface area contributed by atoms with Gasteiger partial charge in [0.25, 0.3) is 5.78 Å². The Morgan fingerprint density at radius 2 is 2.00 bits per heavy atom. The molecule has 0 spiro atoms. The number of aryl methyl sites for hydroxylation is 1. The molecule has 14 heteroatoms. The molecule has 3 N–H and O–H groups in total. The van der Waals surface area contributed by atoms with E-state index in [0.29, 0.717) is 34.9 Å². The minimum atomic E-state index is -0.843. The van der Waals surface area contributed by atoms with Gasteiger partial charge in [-0.25, -0.2) is 4.98 Å². The summed E-state index contributed by atoms with van der Waals surface area (Å²) in [5, 5.41) is 14.4. The Hall–Kier alpha value is -3.78. The Balaban J connectivity index is 1.07. The van der Waals surface area contributed by atoms with Crippen LogP contribution in [0.25, 0.3) is 17.4 Å². The Kier molecular flexibility index (Phi) is 6.57. The number of carbonyl (C=O) groups is 1. The first kappa shape index (κ1) is 24.6. The summed E-state index contributed by atoms with van der Waals surface area (Å²) >= 11 is 1.59. The minimum absolute atomic E-state index is 0.0228. The van der Waals surface area contributed by atoms with Crippen LogP contribution in [-0.4, -0.2) is 91.3 Å². The van der Waals surface area contributed by atoms with Crippen LogP contribution in [0.1, 0.15) is 23.4 Å². The maximum Gasteiger partial charge on any atom is 0.309 e. The lowest BCUT2D eigenvalue weighted by molar-refractivity contribution is -0.136. The van der Waals surface area contributed by atoms with Gasteiger partial charge < -0.3 is 25.1 Å². The van der Waals surface area contributed by atoms with Crippen molar-refractivity contribution in [2.75, 3.05) is 61.3 Å². The lowest BCUT2D eigenvalue weighted by atomic mass is 9.97. The number of rotatable bonds is 7. The monoisotopic (exact) mass is 538 g/mol. The fourth-order valence-corrected chi connectivity index (χ4v) is 6.16. The Morgan fingerprint density at radius 3 is 2.76 bits per heavy atom. The van der Waals surface area contributed by atoms with Crippen LogP contribution < -0.4 is 15.5 Å². The van der Waals surface area contributed by atoms with Crippen molar-refractivity contribution in [3.8, 4) is 11.6 Å². The first-order valence-electron chi connectivity index (χ1n) is 12.8. The molecule has 38 heavy (non-hydrogen) atoms. The lowest BCUT2D eigenvalue weighted by Gasteiger charge is -2.39. The van der Waals surface area contributed by atoms with E-state index in [0.717, 1.165) is 68.7 Å². The van der Waals surface area contributed by atoms with Gasteiger partial charge in [0.15, 0.2) is 10.9 Å². The summed E-state index contributed by atoms with van der Waals surface area (Å²) in [7, 11) is 0. The fraction of sp³-hybridized carbons (Fsp3) is 0.500. The van der Waals surface area contributed by atoms with E-state index in [2.05, 4.69) is 39.7 Å². The van der Waals surface area contributed by atoms with Crippen molar-refractivity contribution in [1.82, 2.24) is 34.4 Å². The highest BCUT2D eigenvalue weighted by Crippen LogP contribution is 2.28. The second-order valence-electron chi connectivity index (χ2n) is 9.82. The number of fused-ring (bicyclic) bond motifs is 1. The number of nitrogens with two attached hydrogens (primary N) is 1. The first-order valence-corrected chi connectivity index (χ1v) is 13.6. The molecule has 200 valence electrons. The van der Waals surface area contributed by atoms with Crippen LogP contribution in [0.2, 0.25) is 0 Å². The largest absolute Gasteiger partial charge is 0.481 e. The fourth-order valence-electron chi connectivity index (χ4n) is 5.18. The number of hydrogen-bond donors (Lipinski definition) is 2. The van der Waals surface area contributed by atoms with E-state index in [4.69, 9.17) is 15.3 Å². The number of carboxylic acids is 1. The number of hydrogen-bond acceptors (Lipinski definition) is 12. The van der Waals surface area contributed by atoms with E-state index >= 15 is 0 Å². The van der Waals surface area contributed by atoms with Gasteiger partial charge in [-0.3, -0.25) is 9.69 Å². The number of anilines is 3. The van der Waals surface area contributed by atoms with Gasteiger partial charge in [0.2, 0.25) is 17.7 Å². The van der Waals surface area contributed by atoms with Crippen LogP contribution in [0.5, 0.6) is 0 Å². The highest BCUT2D eigenvalue weighted by Gasteiger charge is 2.27. The second kappa shape index (κ2) is 10.2. The third kappa shape index (κ3) is 5.00. The first-order chi connectivity index (χ1) is 18.4. The SMILES string of the molecule is Cc1sc(N2CCN(CC3CCCN(c4nc(N)n5nc(-c6ccco6)nc5n4)C3)CC2)nc1CC(=O)O. The number of carboxylic acid groups (broad SMARTS) is 1. The number of piperidine rings is 1. The number of nitrogen functional groups attached to an aromatic ring is 1. The molecule has 0 bridgehead atoms. The normalized spacial score (nSPS) is 18.9. The van der Waals surface area contributed by atoms with Crippen LogP contribution in [-0.2, 0) is 11.2 Å². The van der Waals surface area contributed by atoms with Gasteiger partial charge >= 0.3 is 5.97 Å². The molecule has 2 aliphatic rings. The van der Waals surface area contributed by atoms with E-state index in [1.807, 2.05) is 6.92 Å². The Bertz CT molecular complexity index is 1430. The highest BCUT2D eigenvalue weighted by molar-refractivity contribution is 7.15. The number of furan rings is 1. The lowest BCUT2D eigenvalue weighted by Crippen LogP contribution is -2.49. The summed E-state index contributed by atoms with van der Waals surface area (Å²) in [6.45, 7) is 8.37. The summed E-state index contributed by atoms with van der Waals surface area (Å²) in [6, 6.07) is 3.58. The van der Waals surface area contributed by atoms with E-state index in [9.17, 15) is 4.79 Å². The Labute approximate surface area is 222 Å². The number of thiazole rings is 1. The minimum Gasteiger partial charge on any atom is -0.481 e. The average molecular weight is 539 g/mol. The molecular formula is C24H30N10O3S. The van der Waals surface area contributed by atoms with Crippen molar-refractivity contribution in [3.63, 3.8) is 0 Å². The van der Waals surface area contributed by atoms with Crippen LogP contribution in [0.15, 0.2) is 22.8 Å². The summed E-state index contributed by atoms with van der Waals surface area (Å²) in [5.41, 5.74) is 6.89.